The molecular weight excluding hydrogens is 156 g/mol. The summed E-state index contributed by atoms with van der Waals surface area (Å²) in [6.45, 7) is 0. The van der Waals surface area contributed by atoms with Crippen molar-refractivity contribution in [3.63, 3.8) is 0 Å². The van der Waals surface area contributed by atoms with E-state index in [2.05, 4.69) is 10.1 Å². The molecule has 2 aromatic rings. The van der Waals surface area contributed by atoms with E-state index in [4.69, 9.17) is 10.5 Å². The number of hydrogen-bond donors (Lipinski definition) is 1. The molecule has 2 rings (SSSR count). The first-order chi connectivity index (χ1) is 5.81. The Morgan fingerprint density at radius 1 is 1.58 bits per heavy atom. The number of rotatable bonds is 1. The van der Waals surface area contributed by atoms with Crippen molar-refractivity contribution in [1.82, 2.24) is 14.6 Å². The zero-order chi connectivity index (χ0) is 8.55. The molecule has 0 radical (unpaired) electrons. The number of fused-ring (bicyclic) bond motifs is 1. The summed E-state index contributed by atoms with van der Waals surface area (Å²) in [5.41, 5.74) is 6.46. The number of methoxy groups -OCH3 is 1. The van der Waals surface area contributed by atoms with Gasteiger partial charge in [-0.15, -0.1) is 0 Å². The Balaban J connectivity index is 2.75. The third-order valence-corrected chi connectivity index (χ3v) is 1.59. The van der Waals surface area contributed by atoms with E-state index < -0.39 is 0 Å². The summed E-state index contributed by atoms with van der Waals surface area (Å²) >= 11 is 0. The fourth-order valence-electron chi connectivity index (χ4n) is 1.04. The van der Waals surface area contributed by atoms with Crippen molar-refractivity contribution in [2.45, 2.75) is 0 Å². The third-order valence-electron chi connectivity index (χ3n) is 1.59. The van der Waals surface area contributed by atoms with E-state index in [-0.39, 0.29) is 0 Å². The standard InChI is InChI=1S/C7H8N4O/c1-12-6-4-5-2-3-9-11(5)7(8)10-6/h2-4H,1H3,(H2,8,10). The van der Waals surface area contributed by atoms with Crippen LogP contribution in [0, 0.1) is 0 Å². The van der Waals surface area contributed by atoms with E-state index >= 15 is 0 Å². The van der Waals surface area contributed by atoms with Gasteiger partial charge in [0.1, 0.15) is 0 Å². The number of nitrogens with two attached hydrogens (primary N) is 1. The molecular formula is C7H8N4O. The Hall–Kier alpha value is -1.78. The zero-order valence-electron chi connectivity index (χ0n) is 6.56. The Morgan fingerprint density at radius 3 is 3.17 bits per heavy atom. The molecule has 0 atom stereocenters. The predicted molar refractivity (Wildman–Crippen MR) is 44.0 cm³/mol. The van der Waals surface area contributed by atoms with Crippen LogP contribution in [-0.4, -0.2) is 21.7 Å². The van der Waals surface area contributed by atoms with Gasteiger partial charge in [-0.05, 0) is 6.07 Å². The van der Waals surface area contributed by atoms with Crippen molar-refractivity contribution < 1.29 is 4.74 Å². The molecule has 0 aliphatic carbocycles. The lowest BCUT2D eigenvalue weighted by atomic mass is 10.5. The van der Waals surface area contributed by atoms with Gasteiger partial charge in [-0.2, -0.15) is 10.1 Å². The second-order valence-electron chi connectivity index (χ2n) is 2.32. The normalized spacial score (nSPS) is 10.4. The summed E-state index contributed by atoms with van der Waals surface area (Å²) in [5, 5.41) is 3.97. The van der Waals surface area contributed by atoms with Gasteiger partial charge in [-0.3, -0.25) is 0 Å². The smallest absolute Gasteiger partial charge is 0.225 e. The molecule has 5 heteroatoms. The van der Waals surface area contributed by atoms with Gasteiger partial charge in [0.15, 0.2) is 0 Å². The van der Waals surface area contributed by atoms with Crippen LogP contribution in [0.3, 0.4) is 0 Å². The fraction of sp³-hybridized carbons (Fsp3) is 0.143. The van der Waals surface area contributed by atoms with Gasteiger partial charge in [-0.25, -0.2) is 4.52 Å². The Labute approximate surface area is 68.8 Å². The van der Waals surface area contributed by atoms with Crippen molar-refractivity contribution in [2.24, 2.45) is 0 Å². The predicted octanol–water partition coefficient (Wildman–Crippen LogP) is 0.320. The lowest BCUT2D eigenvalue weighted by molar-refractivity contribution is 0.398. The van der Waals surface area contributed by atoms with Crippen LogP contribution in [0.4, 0.5) is 5.95 Å². The molecule has 2 N–H and O–H groups in total. The molecule has 5 nitrogen and oxygen atoms in total. The molecule has 12 heavy (non-hydrogen) atoms. The monoisotopic (exact) mass is 164 g/mol. The van der Waals surface area contributed by atoms with Crippen molar-refractivity contribution in [2.75, 3.05) is 12.8 Å². The topological polar surface area (TPSA) is 65.4 Å². The Kier molecular flexibility index (Phi) is 1.36. The highest BCUT2D eigenvalue weighted by Crippen LogP contribution is 2.13. The zero-order valence-corrected chi connectivity index (χ0v) is 6.56. The second kappa shape index (κ2) is 2.37. The Bertz CT molecular complexity index is 409. The van der Waals surface area contributed by atoms with E-state index in [0.717, 1.165) is 5.52 Å². The first-order valence-corrected chi connectivity index (χ1v) is 3.45. The first kappa shape index (κ1) is 6.90. The number of anilines is 1. The van der Waals surface area contributed by atoms with Crippen LogP contribution in [0.5, 0.6) is 5.88 Å². The molecule has 0 saturated heterocycles. The first-order valence-electron chi connectivity index (χ1n) is 3.45. The van der Waals surface area contributed by atoms with Crippen LogP contribution in [0.1, 0.15) is 0 Å². The van der Waals surface area contributed by atoms with Crippen LogP contribution >= 0.6 is 0 Å². The SMILES string of the molecule is COc1cc2ccnn2c(N)n1. The van der Waals surface area contributed by atoms with Gasteiger partial charge in [-0.1, -0.05) is 0 Å². The highest BCUT2D eigenvalue weighted by atomic mass is 16.5. The minimum atomic E-state index is 0.328. The van der Waals surface area contributed by atoms with Crippen molar-refractivity contribution in [1.29, 1.82) is 0 Å². The summed E-state index contributed by atoms with van der Waals surface area (Å²) in [6.07, 6.45) is 1.66. The molecule has 2 aromatic heterocycles. The number of hydrogen-bond acceptors (Lipinski definition) is 4. The molecule has 0 aliphatic rings. The number of nitrogen functional groups attached to an aromatic ring is 1. The maximum Gasteiger partial charge on any atom is 0.225 e. The summed E-state index contributed by atoms with van der Waals surface area (Å²) in [4.78, 5) is 3.95. The van der Waals surface area contributed by atoms with Gasteiger partial charge >= 0.3 is 0 Å². The van der Waals surface area contributed by atoms with Crippen molar-refractivity contribution >= 4 is 11.5 Å². The van der Waals surface area contributed by atoms with Crippen LogP contribution in [0.25, 0.3) is 5.52 Å². The highest BCUT2D eigenvalue weighted by molar-refractivity contribution is 5.51. The minimum absolute atomic E-state index is 0.328. The molecule has 0 spiro atoms. The molecule has 0 aliphatic heterocycles. The third kappa shape index (κ3) is 0.868. The molecule has 2 heterocycles. The molecule has 0 saturated carbocycles. The van der Waals surface area contributed by atoms with E-state index in [9.17, 15) is 0 Å². The average molecular weight is 164 g/mol. The van der Waals surface area contributed by atoms with Gasteiger partial charge in [0, 0.05) is 6.07 Å². The minimum Gasteiger partial charge on any atom is -0.481 e. The molecule has 0 bridgehead atoms. The molecule has 0 aromatic carbocycles. The average Bonchev–Trinajstić information content (AvgIpc) is 2.52. The van der Waals surface area contributed by atoms with Crippen LogP contribution in [0.15, 0.2) is 18.3 Å². The molecule has 0 unspecified atom stereocenters. The number of ether oxygens (including phenoxy) is 1. The maximum atomic E-state index is 5.59. The molecule has 0 fully saturated rings. The van der Waals surface area contributed by atoms with Crippen LogP contribution in [-0.2, 0) is 0 Å². The quantitative estimate of drug-likeness (QED) is 0.659. The molecule has 0 amide bonds. The summed E-state index contributed by atoms with van der Waals surface area (Å²) in [5.74, 6) is 0.829. The van der Waals surface area contributed by atoms with Crippen molar-refractivity contribution in [3.8, 4) is 5.88 Å². The fourth-order valence-corrected chi connectivity index (χ4v) is 1.04. The van der Waals surface area contributed by atoms with Crippen LogP contribution in [0.2, 0.25) is 0 Å². The highest BCUT2D eigenvalue weighted by Gasteiger charge is 2.01. The van der Waals surface area contributed by atoms with Gasteiger partial charge in [0.2, 0.25) is 11.8 Å². The van der Waals surface area contributed by atoms with Gasteiger partial charge < -0.3 is 10.5 Å². The summed E-state index contributed by atoms with van der Waals surface area (Å²) in [6, 6.07) is 3.60. The largest absolute Gasteiger partial charge is 0.481 e. The van der Waals surface area contributed by atoms with E-state index in [0.29, 0.717) is 11.8 Å². The lowest BCUT2D eigenvalue weighted by Crippen LogP contribution is -2.02. The van der Waals surface area contributed by atoms with Crippen molar-refractivity contribution in [3.05, 3.63) is 18.3 Å². The molecule has 62 valence electrons. The van der Waals surface area contributed by atoms with Crippen LogP contribution < -0.4 is 10.5 Å². The Morgan fingerprint density at radius 2 is 2.42 bits per heavy atom. The second-order valence-corrected chi connectivity index (χ2v) is 2.32. The number of nitrogens with zero attached hydrogens (tertiary/aromatic N) is 3. The van der Waals surface area contributed by atoms with E-state index in [1.807, 2.05) is 6.07 Å². The van der Waals surface area contributed by atoms with E-state index in [1.54, 1.807) is 23.9 Å². The summed E-state index contributed by atoms with van der Waals surface area (Å²) in [7, 11) is 1.55. The lowest BCUT2D eigenvalue weighted by Gasteiger charge is -2.01. The summed E-state index contributed by atoms with van der Waals surface area (Å²) < 4.78 is 6.48. The van der Waals surface area contributed by atoms with Gasteiger partial charge in [0.25, 0.3) is 0 Å². The maximum absolute atomic E-state index is 5.59. The van der Waals surface area contributed by atoms with E-state index in [1.165, 1.54) is 0 Å². The van der Waals surface area contributed by atoms with Gasteiger partial charge in [0.05, 0.1) is 18.8 Å². The number of aromatic nitrogens is 3.